The first-order chi connectivity index (χ1) is 14.8. The Morgan fingerprint density at radius 3 is 2.61 bits per heavy atom. The molecule has 1 heterocycles. The number of rotatable bonds is 6. The van der Waals surface area contributed by atoms with Crippen molar-refractivity contribution in [2.24, 2.45) is 0 Å². The SMILES string of the molecule is CCOc1cccc(NC(=O)/C(C#N)=C\c2cc(C)n(-c3cc(C)ccc3C)c2C)c1. The molecule has 31 heavy (non-hydrogen) atoms. The van der Waals surface area contributed by atoms with Crippen LogP contribution < -0.4 is 10.1 Å². The van der Waals surface area contributed by atoms with Crippen LogP contribution in [0.5, 0.6) is 5.75 Å². The molecule has 0 atom stereocenters. The van der Waals surface area contributed by atoms with Crippen molar-refractivity contribution in [1.82, 2.24) is 4.57 Å². The zero-order valence-corrected chi connectivity index (χ0v) is 18.6. The summed E-state index contributed by atoms with van der Waals surface area (Å²) >= 11 is 0. The van der Waals surface area contributed by atoms with Crippen molar-refractivity contribution >= 4 is 17.7 Å². The fourth-order valence-corrected chi connectivity index (χ4v) is 3.60. The number of aryl methyl sites for hydroxylation is 3. The van der Waals surface area contributed by atoms with Crippen molar-refractivity contribution in [2.45, 2.75) is 34.6 Å². The van der Waals surface area contributed by atoms with Gasteiger partial charge in [0.2, 0.25) is 0 Å². The van der Waals surface area contributed by atoms with Crippen molar-refractivity contribution in [3.05, 3.63) is 82.2 Å². The minimum absolute atomic E-state index is 0.0445. The van der Waals surface area contributed by atoms with Crippen LogP contribution in [0.15, 0.2) is 54.1 Å². The second-order valence-electron chi connectivity index (χ2n) is 7.54. The van der Waals surface area contributed by atoms with E-state index in [0.29, 0.717) is 18.0 Å². The molecule has 0 radical (unpaired) electrons. The summed E-state index contributed by atoms with van der Waals surface area (Å²) in [7, 11) is 0. The summed E-state index contributed by atoms with van der Waals surface area (Å²) in [6.07, 6.45) is 1.64. The summed E-state index contributed by atoms with van der Waals surface area (Å²) in [4.78, 5) is 12.7. The van der Waals surface area contributed by atoms with Gasteiger partial charge in [0.1, 0.15) is 17.4 Å². The Morgan fingerprint density at radius 1 is 1.13 bits per heavy atom. The van der Waals surface area contributed by atoms with E-state index in [1.54, 1.807) is 24.3 Å². The van der Waals surface area contributed by atoms with Crippen LogP contribution in [0.3, 0.4) is 0 Å². The molecule has 1 N–H and O–H groups in total. The topological polar surface area (TPSA) is 67.0 Å². The third kappa shape index (κ3) is 4.87. The van der Waals surface area contributed by atoms with Crippen LogP contribution in [0.1, 0.15) is 35.0 Å². The molecule has 0 bridgehead atoms. The lowest BCUT2D eigenvalue weighted by Gasteiger charge is -2.13. The predicted molar refractivity (Wildman–Crippen MR) is 125 cm³/mol. The molecule has 158 valence electrons. The van der Waals surface area contributed by atoms with Gasteiger partial charge in [0.05, 0.1) is 6.61 Å². The van der Waals surface area contributed by atoms with Gasteiger partial charge in [-0.3, -0.25) is 4.79 Å². The van der Waals surface area contributed by atoms with E-state index in [1.807, 2.05) is 39.0 Å². The Hall–Kier alpha value is -3.78. The third-order valence-electron chi connectivity index (χ3n) is 5.14. The van der Waals surface area contributed by atoms with Crippen LogP contribution in [-0.2, 0) is 4.79 Å². The highest BCUT2D eigenvalue weighted by molar-refractivity contribution is 6.09. The smallest absolute Gasteiger partial charge is 0.266 e. The molecule has 0 unspecified atom stereocenters. The average molecular weight is 414 g/mol. The van der Waals surface area contributed by atoms with E-state index >= 15 is 0 Å². The van der Waals surface area contributed by atoms with Gasteiger partial charge in [-0.05, 0) is 81.7 Å². The molecule has 3 rings (SSSR count). The van der Waals surface area contributed by atoms with Gasteiger partial charge >= 0.3 is 0 Å². The van der Waals surface area contributed by atoms with Crippen LogP contribution >= 0.6 is 0 Å². The molecule has 2 aromatic carbocycles. The van der Waals surface area contributed by atoms with Crippen LogP contribution in [0, 0.1) is 39.0 Å². The van der Waals surface area contributed by atoms with Gasteiger partial charge < -0.3 is 14.6 Å². The number of amides is 1. The average Bonchev–Trinajstić information content (AvgIpc) is 3.01. The molecular weight excluding hydrogens is 386 g/mol. The Kier molecular flexibility index (Phi) is 6.61. The Labute approximate surface area is 183 Å². The molecule has 5 nitrogen and oxygen atoms in total. The Morgan fingerprint density at radius 2 is 1.90 bits per heavy atom. The summed E-state index contributed by atoms with van der Waals surface area (Å²) in [6.45, 7) is 10.6. The monoisotopic (exact) mass is 413 g/mol. The number of anilines is 1. The van der Waals surface area contributed by atoms with Gasteiger partial charge in [-0.2, -0.15) is 5.26 Å². The second kappa shape index (κ2) is 9.36. The lowest BCUT2D eigenvalue weighted by atomic mass is 10.1. The molecule has 0 saturated heterocycles. The van der Waals surface area contributed by atoms with Crippen molar-refractivity contribution in [3.8, 4) is 17.5 Å². The van der Waals surface area contributed by atoms with Crippen LogP contribution in [0.25, 0.3) is 11.8 Å². The van der Waals surface area contributed by atoms with E-state index in [-0.39, 0.29) is 5.57 Å². The highest BCUT2D eigenvalue weighted by Gasteiger charge is 2.15. The molecule has 0 saturated carbocycles. The van der Waals surface area contributed by atoms with Gasteiger partial charge in [0.15, 0.2) is 0 Å². The van der Waals surface area contributed by atoms with E-state index < -0.39 is 5.91 Å². The number of benzene rings is 2. The van der Waals surface area contributed by atoms with E-state index in [1.165, 1.54) is 5.56 Å². The molecular formula is C26H27N3O2. The van der Waals surface area contributed by atoms with Crippen molar-refractivity contribution in [1.29, 1.82) is 5.26 Å². The number of carbonyl (C=O) groups excluding carboxylic acids is 1. The van der Waals surface area contributed by atoms with Crippen molar-refractivity contribution < 1.29 is 9.53 Å². The first-order valence-electron chi connectivity index (χ1n) is 10.3. The number of ether oxygens (including phenoxy) is 1. The van der Waals surface area contributed by atoms with E-state index in [2.05, 4.69) is 41.9 Å². The first-order valence-corrected chi connectivity index (χ1v) is 10.3. The van der Waals surface area contributed by atoms with Crippen LogP contribution in [0.2, 0.25) is 0 Å². The Bertz CT molecular complexity index is 1200. The molecule has 1 amide bonds. The fraction of sp³-hybridized carbons (Fsp3) is 0.231. The predicted octanol–water partition coefficient (Wildman–Crippen LogP) is 5.66. The molecule has 5 heteroatoms. The largest absolute Gasteiger partial charge is 0.494 e. The number of aromatic nitrogens is 1. The molecule has 0 fully saturated rings. The maximum absolute atomic E-state index is 12.7. The van der Waals surface area contributed by atoms with Crippen molar-refractivity contribution in [3.63, 3.8) is 0 Å². The lowest BCUT2D eigenvalue weighted by molar-refractivity contribution is -0.112. The number of hydrogen-bond donors (Lipinski definition) is 1. The number of nitrogens with zero attached hydrogens (tertiary/aromatic N) is 2. The van der Waals surface area contributed by atoms with E-state index in [0.717, 1.165) is 28.2 Å². The summed E-state index contributed by atoms with van der Waals surface area (Å²) < 4.78 is 7.63. The molecule has 0 spiro atoms. The molecule has 3 aromatic rings. The number of carbonyl (C=O) groups is 1. The zero-order chi connectivity index (χ0) is 22.5. The number of hydrogen-bond acceptors (Lipinski definition) is 3. The summed E-state index contributed by atoms with van der Waals surface area (Å²) in [5, 5.41) is 12.4. The van der Waals surface area contributed by atoms with Crippen LogP contribution in [-0.4, -0.2) is 17.1 Å². The fourth-order valence-electron chi connectivity index (χ4n) is 3.60. The normalized spacial score (nSPS) is 11.2. The lowest BCUT2D eigenvalue weighted by Crippen LogP contribution is -2.13. The Balaban J connectivity index is 1.93. The minimum Gasteiger partial charge on any atom is -0.494 e. The molecule has 1 aromatic heterocycles. The first kappa shape index (κ1) is 21.9. The van der Waals surface area contributed by atoms with Crippen molar-refractivity contribution in [2.75, 3.05) is 11.9 Å². The quantitative estimate of drug-likeness (QED) is 0.419. The highest BCUT2D eigenvalue weighted by Crippen LogP contribution is 2.26. The molecule has 0 aliphatic carbocycles. The van der Waals surface area contributed by atoms with Gasteiger partial charge in [-0.15, -0.1) is 0 Å². The highest BCUT2D eigenvalue weighted by atomic mass is 16.5. The summed E-state index contributed by atoms with van der Waals surface area (Å²) in [5.41, 5.74) is 6.93. The second-order valence-corrected chi connectivity index (χ2v) is 7.54. The number of nitriles is 1. The van der Waals surface area contributed by atoms with Crippen LogP contribution in [0.4, 0.5) is 5.69 Å². The van der Waals surface area contributed by atoms with Gasteiger partial charge in [0, 0.05) is 28.8 Å². The molecule has 0 aliphatic rings. The third-order valence-corrected chi connectivity index (χ3v) is 5.14. The van der Waals surface area contributed by atoms with E-state index in [4.69, 9.17) is 4.74 Å². The summed E-state index contributed by atoms with van der Waals surface area (Å²) in [6, 6.07) is 17.5. The zero-order valence-electron chi connectivity index (χ0n) is 18.6. The van der Waals surface area contributed by atoms with Gasteiger partial charge in [0.25, 0.3) is 5.91 Å². The molecule has 0 aliphatic heterocycles. The standard InChI is InChI=1S/C26H27N3O2/c1-6-31-24-9-7-8-23(15-24)28-26(30)22(16-27)14-21-13-19(4)29(20(21)5)25-12-17(2)10-11-18(25)3/h7-15H,6H2,1-5H3,(H,28,30)/b22-14-. The maximum atomic E-state index is 12.7. The van der Waals surface area contributed by atoms with E-state index in [9.17, 15) is 10.1 Å². The number of nitrogens with one attached hydrogen (secondary N) is 1. The van der Waals surface area contributed by atoms with Gasteiger partial charge in [-0.25, -0.2) is 0 Å². The minimum atomic E-state index is -0.451. The summed E-state index contributed by atoms with van der Waals surface area (Å²) in [5.74, 6) is 0.215. The maximum Gasteiger partial charge on any atom is 0.266 e. The van der Waals surface area contributed by atoms with Gasteiger partial charge in [-0.1, -0.05) is 18.2 Å².